The number of benzene rings is 1. The van der Waals surface area contributed by atoms with Crippen molar-refractivity contribution in [3.8, 4) is 0 Å². The number of fused-ring (bicyclic) bond motifs is 1. The standard InChI is InChI=1S/C14H16N4O/c1-8-9(2)17-18-13(8)16-14(19)12-7-10-5-3-4-6-11(10)15-12/h3-6,12,15H,7H2,1-2H3,(H2,16,17,18,19). The summed E-state index contributed by atoms with van der Waals surface area (Å²) < 4.78 is 0. The molecule has 2 aromatic rings. The summed E-state index contributed by atoms with van der Waals surface area (Å²) in [6.45, 7) is 3.87. The molecule has 0 spiro atoms. The van der Waals surface area contributed by atoms with Crippen LogP contribution in [0.4, 0.5) is 11.5 Å². The summed E-state index contributed by atoms with van der Waals surface area (Å²) in [5, 5.41) is 13.1. The maximum Gasteiger partial charge on any atom is 0.248 e. The number of hydrogen-bond acceptors (Lipinski definition) is 3. The molecular formula is C14H16N4O. The number of carbonyl (C=O) groups excluding carboxylic acids is 1. The van der Waals surface area contributed by atoms with Gasteiger partial charge in [0.15, 0.2) is 5.82 Å². The first-order chi connectivity index (χ1) is 9.15. The lowest BCUT2D eigenvalue weighted by molar-refractivity contribution is -0.116. The van der Waals surface area contributed by atoms with E-state index in [1.54, 1.807) is 0 Å². The van der Waals surface area contributed by atoms with E-state index in [1.807, 2.05) is 38.1 Å². The van der Waals surface area contributed by atoms with E-state index in [1.165, 1.54) is 5.56 Å². The quantitative estimate of drug-likeness (QED) is 0.769. The van der Waals surface area contributed by atoms with Crippen molar-refractivity contribution in [2.24, 2.45) is 0 Å². The molecule has 3 N–H and O–H groups in total. The number of amides is 1. The Labute approximate surface area is 111 Å². The van der Waals surface area contributed by atoms with Crippen LogP contribution in [0.15, 0.2) is 24.3 Å². The van der Waals surface area contributed by atoms with Crippen LogP contribution >= 0.6 is 0 Å². The molecule has 1 unspecified atom stereocenters. The van der Waals surface area contributed by atoms with Crippen molar-refractivity contribution < 1.29 is 4.79 Å². The molecule has 98 valence electrons. The van der Waals surface area contributed by atoms with Gasteiger partial charge in [0.25, 0.3) is 0 Å². The Balaban J connectivity index is 1.72. The number of nitrogens with one attached hydrogen (secondary N) is 3. The first-order valence-corrected chi connectivity index (χ1v) is 6.32. The Morgan fingerprint density at radius 1 is 1.37 bits per heavy atom. The number of nitrogens with zero attached hydrogens (tertiary/aromatic N) is 1. The maximum absolute atomic E-state index is 12.2. The van der Waals surface area contributed by atoms with E-state index < -0.39 is 0 Å². The monoisotopic (exact) mass is 256 g/mol. The molecule has 1 aromatic carbocycles. The van der Waals surface area contributed by atoms with Gasteiger partial charge in [0.1, 0.15) is 6.04 Å². The third-order valence-electron chi connectivity index (χ3n) is 3.58. The molecule has 1 aliphatic heterocycles. The summed E-state index contributed by atoms with van der Waals surface area (Å²) in [4.78, 5) is 12.2. The normalized spacial score (nSPS) is 16.8. The van der Waals surface area contributed by atoms with Gasteiger partial charge in [-0.15, -0.1) is 0 Å². The zero-order valence-electron chi connectivity index (χ0n) is 10.9. The van der Waals surface area contributed by atoms with Crippen LogP contribution in [0.5, 0.6) is 0 Å². The number of rotatable bonds is 2. The van der Waals surface area contributed by atoms with Crippen molar-refractivity contribution in [3.05, 3.63) is 41.1 Å². The molecule has 1 atom stereocenters. The Morgan fingerprint density at radius 2 is 2.16 bits per heavy atom. The lowest BCUT2D eigenvalue weighted by atomic mass is 10.1. The fourth-order valence-corrected chi connectivity index (χ4v) is 2.27. The first-order valence-electron chi connectivity index (χ1n) is 6.32. The van der Waals surface area contributed by atoms with Gasteiger partial charge in [-0.25, -0.2) is 0 Å². The van der Waals surface area contributed by atoms with E-state index in [0.717, 1.165) is 16.9 Å². The minimum absolute atomic E-state index is 0.0502. The van der Waals surface area contributed by atoms with Gasteiger partial charge in [0.05, 0.1) is 0 Å². The topological polar surface area (TPSA) is 69.8 Å². The molecular weight excluding hydrogens is 240 g/mol. The predicted molar refractivity (Wildman–Crippen MR) is 74.2 cm³/mol. The van der Waals surface area contributed by atoms with Crippen LogP contribution in [0.1, 0.15) is 16.8 Å². The minimum Gasteiger partial charge on any atom is -0.373 e. The molecule has 19 heavy (non-hydrogen) atoms. The van der Waals surface area contributed by atoms with Crippen LogP contribution in [0.2, 0.25) is 0 Å². The van der Waals surface area contributed by atoms with E-state index >= 15 is 0 Å². The molecule has 0 aliphatic carbocycles. The van der Waals surface area contributed by atoms with Gasteiger partial charge in [-0.2, -0.15) is 5.10 Å². The summed E-state index contributed by atoms with van der Waals surface area (Å²) in [5.41, 5.74) is 4.16. The van der Waals surface area contributed by atoms with Crippen LogP contribution in [0, 0.1) is 13.8 Å². The van der Waals surface area contributed by atoms with E-state index in [2.05, 4.69) is 20.8 Å². The van der Waals surface area contributed by atoms with Gasteiger partial charge in [0, 0.05) is 23.4 Å². The molecule has 0 saturated carbocycles. The molecule has 2 heterocycles. The molecule has 1 amide bonds. The van der Waals surface area contributed by atoms with Gasteiger partial charge in [-0.1, -0.05) is 18.2 Å². The number of anilines is 2. The van der Waals surface area contributed by atoms with Crippen LogP contribution in [-0.2, 0) is 11.2 Å². The second-order valence-corrected chi connectivity index (χ2v) is 4.87. The number of H-pyrrole nitrogens is 1. The first kappa shape index (κ1) is 11.8. The maximum atomic E-state index is 12.2. The molecule has 0 saturated heterocycles. The lowest BCUT2D eigenvalue weighted by Crippen LogP contribution is -2.33. The van der Waals surface area contributed by atoms with E-state index in [4.69, 9.17) is 0 Å². The second-order valence-electron chi connectivity index (χ2n) is 4.87. The molecule has 5 nitrogen and oxygen atoms in total. The number of carbonyl (C=O) groups is 1. The van der Waals surface area contributed by atoms with Crippen molar-refractivity contribution in [3.63, 3.8) is 0 Å². The van der Waals surface area contributed by atoms with Gasteiger partial charge >= 0.3 is 0 Å². The SMILES string of the molecule is Cc1[nH]nc(NC(=O)C2Cc3ccccc3N2)c1C. The van der Waals surface area contributed by atoms with E-state index in [-0.39, 0.29) is 11.9 Å². The minimum atomic E-state index is -0.228. The highest BCUT2D eigenvalue weighted by atomic mass is 16.2. The summed E-state index contributed by atoms with van der Waals surface area (Å²) in [6, 6.07) is 7.76. The van der Waals surface area contributed by atoms with Crippen LogP contribution in [0.25, 0.3) is 0 Å². The molecule has 0 bridgehead atoms. The lowest BCUT2D eigenvalue weighted by Gasteiger charge is -2.10. The zero-order chi connectivity index (χ0) is 13.4. The molecule has 5 heteroatoms. The number of hydrogen-bond donors (Lipinski definition) is 3. The highest BCUT2D eigenvalue weighted by Crippen LogP contribution is 2.26. The highest BCUT2D eigenvalue weighted by Gasteiger charge is 2.27. The third-order valence-corrected chi connectivity index (χ3v) is 3.58. The second kappa shape index (κ2) is 4.42. The zero-order valence-corrected chi connectivity index (χ0v) is 10.9. The number of para-hydroxylation sites is 1. The van der Waals surface area contributed by atoms with Gasteiger partial charge in [-0.05, 0) is 25.5 Å². The Morgan fingerprint density at radius 3 is 2.84 bits per heavy atom. The van der Waals surface area contributed by atoms with E-state index in [9.17, 15) is 4.79 Å². The van der Waals surface area contributed by atoms with Crippen molar-refractivity contribution >= 4 is 17.4 Å². The van der Waals surface area contributed by atoms with Crippen molar-refractivity contribution in [1.82, 2.24) is 10.2 Å². The van der Waals surface area contributed by atoms with Crippen LogP contribution in [0.3, 0.4) is 0 Å². The largest absolute Gasteiger partial charge is 0.373 e. The van der Waals surface area contributed by atoms with Gasteiger partial charge in [0.2, 0.25) is 5.91 Å². The average Bonchev–Trinajstić information content (AvgIpc) is 2.97. The van der Waals surface area contributed by atoms with Gasteiger partial charge in [-0.3, -0.25) is 9.89 Å². The number of aryl methyl sites for hydroxylation is 1. The highest BCUT2D eigenvalue weighted by molar-refractivity contribution is 5.97. The molecule has 0 radical (unpaired) electrons. The average molecular weight is 256 g/mol. The van der Waals surface area contributed by atoms with Crippen molar-refractivity contribution in [2.45, 2.75) is 26.3 Å². The van der Waals surface area contributed by atoms with Gasteiger partial charge < -0.3 is 10.6 Å². The Hall–Kier alpha value is -2.30. The third kappa shape index (κ3) is 2.07. The molecule has 1 aromatic heterocycles. The predicted octanol–water partition coefficient (Wildman–Crippen LogP) is 2.00. The summed E-state index contributed by atoms with van der Waals surface area (Å²) >= 11 is 0. The fraction of sp³-hybridized carbons (Fsp3) is 0.286. The van der Waals surface area contributed by atoms with Crippen molar-refractivity contribution in [2.75, 3.05) is 10.6 Å². The summed E-state index contributed by atoms with van der Waals surface area (Å²) in [6.07, 6.45) is 0.713. The molecule has 3 rings (SSSR count). The molecule has 0 fully saturated rings. The van der Waals surface area contributed by atoms with Crippen LogP contribution in [-0.4, -0.2) is 22.1 Å². The Bertz CT molecular complexity index is 607. The number of aromatic nitrogens is 2. The fourth-order valence-electron chi connectivity index (χ4n) is 2.27. The molecule has 1 aliphatic rings. The Kier molecular flexibility index (Phi) is 2.74. The van der Waals surface area contributed by atoms with Crippen molar-refractivity contribution in [1.29, 1.82) is 0 Å². The summed E-state index contributed by atoms with van der Waals surface area (Å²) in [7, 11) is 0. The van der Waals surface area contributed by atoms with E-state index in [0.29, 0.717) is 12.2 Å². The van der Waals surface area contributed by atoms with Crippen LogP contribution < -0.4 is 10.6 Å². The number of aromatic amines is 1. The smallest absolute Gasteiger partial charge is 0.248 e. The summed E-state index contributed by atoms with van der Waals surface area (Å²) in [5.74, 6) is 0.561.